The molecule has 1 aliphatic heterocycles. The summed E-state index contributed by atoms with van der Waals surface area (Å²) >= 11 is 0. The molecular weight excluding hydrogens is 264 g/mol. The van der Waals surface area contributed by atoms with Gasteiger partial charge in [0.1, 0.15) is 5.54 Å². The first kappa shape index (κ1) is 16.8. The molecule has 0 aromatic rings. The fraction of sp³-hybridized carbons (Fsp3) is 0.941. The first-order chi connectivity index (χ1) is 10.1. The van der Waals surface area contributed by atoms with Gasteiger partial charge in [-0.05, 0) is 70.5 Å². The molecule has 0 amide bonds. The fourth-order valence-electron chi connectivity index (χ4n) is 3.39. The summed E-state index contributed by atoms with van der Waals surface area (Å²) in [6.45, 7) is 10.8. The predicted molar refractivity (Wildman–Crippen MR) is 85.2 cm³/mol. The summed E-state index contributed by atoms with van der Waals surface area (Å²) in [6, 6.07) is 0. The lowest BCUT2D eigenvalue weighted by molar-refractivity contribution is -0.153. The fourth-order valence-corrected chi connectivity index (χ4v) is 3.39. The zero-order valence-corrected chi connectivity index (χ0v) is 14.0. The number of nitrogens with zero attached hydrogens (tertiary/aromatic N) is 1. The van der Waals surface area contributed by atoms with Gasteiger partial charge in [-0.25, -0.2) is 4.79 Å². The smallest absolute Gasteiger partial charge is 0.327 e. The normalized spacial score (nSPS) is 23.8. The van der Waals surface area contributed by atoms with E-state index in [0.29, 0.717) is 12.5 Å². The number of piperidine rings is 1. The largest absolute Gasteiger partial charge is 0.465 e. The molecule has 1 heterocycles. The van der Waals surface area contributed by atoms with Crippen molar-refractivity contribution in [3.63, 3.8) is 0 Å². The second kappa shape index (κ2) is 7.59. The number of likely N-dealkylation sites (tertiary alicyclic amines) is 1. The zero-order chi connectivity index (χ0) is 15.3. The SMILES string of the molecule is CCCNC(CN1CCC(C)CC1)(C(=O)OCC)C1CC1. The van der Waals surface area contributed by atoms with E-state index in [4.69, 9.17) is 4.74 Å². The molecule has 1 saturated heterocycles. The van der Waals surface area contributed by atoms with Gasteiger partial charge in [0, 0.05) is 6.54 Å². The molecule has 2 rings (SSSR count). The molecule has 4 heteroatoms. The molecule has 1 unspecified atom stereocenters. The van der Waals surface area contributed by atoms with Crippen LogP contribution >= 0.6 is 0 Å². The first-order valence-electron chi connectivity index (χ1n) is 8.77. The van der Waals surface area contributed by atoms with Gasteiger partial charge in [-0.2, -0.15) is 0 Å². The van der Waals surface area contributed by atoms with Gasteiger partial charge in [-0.1, -0.05) is 13.8 Å². The molecular formula is C17H32N2O2. The average Bonchev–Trinajstić information content (AvgIpc) is 3.31. The Balaban J connectivity index is 2.07. The number of carbonyl (C=O) groups excluding carboxylic acids is 1. The molecule has 122 valence electrons. The molecule has 1 atom stereocenters. The van der Waals surface area contributed by atoms with Gasteiger partial charge in [-0.3, -0.25) is 0 Å². The van der Waals surface area contributed by atoms with Crippen molar-refractivity contribution < 1.29 is 9.53 Å². The Labute approximate surface area is 129 Å². The number of esters is 1. The molecule has 0 aromatic heterocycles. The van der Waals surface area contributed by atoms with E-state index in [-0.39, 0.29) is 5.97 Å². The van der Waals surface area contributed by atoms with Gasteiger partial charge in [0.2, 0.25) is 0 Å². The van der Waals surface area contributed by atoms with E-state index in [1.165, 1.54) is 12.8 Å². The number of rotatable bonds is 8. The molecule has 0 aromatic carbocycles. The number of nitrogens with one attached hydrogen (secondary N) is 1. The van der Waals surface area contributed by atoms with Crippen LogP contribution < -0.4 is 5.32 Å². The summed E-state index contributed by atoms with van der Waals surface area (Å²) in [5.41, 5.74) is -0.466. The van der Waals surface area contributed by atoms with Crippen molar-refractivity contribution in [1.82, 2.24) is 10.2 Å². The second-order valence-electron chi connectivity index (χ2n) is 6.85. The molecule has 2 fully saturated rings. The van der Waals surface area contributed by atoms with Crippen LogP contribution in [0.1, 0.15) is 52.9 Å². The van der Waals surface area contributed by atoms with E-state index >= 15 is 0 Å². The monoisotopic (exact) mass is 296 g/mol. The van der Waals surface area contributed by atoms with Gasteiger partial charge in [0.05, 0.1) is 6.61 Å². The summed E-state index contributed by atoms with van der Waals surface area (Å²) in [7, 11) is 0. The molecule has 0 bridgehead atoms. The van der Waals surface area contributed by atoms with Crippen molar-refractivity contribution in [1.29, 1.82) is 0 Å². The van der Waals surface area contributed by atoms with E-state index in [0.717, 1.165) is 51.4 Å². The highest BCUT2D eigenvalue weighted by atomic mass is 16.5. The van der Waals surface area contributed by atoms with E-state index in [1.54, 1.807) is 0 Å². The van der Waals surface area contributed by atoms with Crippen molar-refractivity contribution in [3.8, 4) is 0 Å². The first-order valence-corrected chi connectivity index (χ1v) is 8.77. The lowest BCUT2D eigenvalue weighted by Crippen LogP contribution is -2.62. The topological polar surface area (TPSA) is 41.6 Å². The van der Waals surface area contributed by atoms with Crippen LogP contribution in [0.3, 0.4) is 0 Å². The van der Waals surface area contributed by atoms with Gasteiger partial charge in [-0.15, -0.1) is 0 Å². The maximum Gasteiger partial charge on any atom is 0.327 e. The van der Waals surface area contributed by atoms with Crippen LogP contribution in [-0.2, 0) is 9.53 Å². The molecule has 1 N–H and O–H groups in total. The molecule has 1 aliphatic carbocycles. The number of ether oxygens (including phenoxy) is 1. The third kappa shape index (κ3) is 4.19. The van der Waals surface area contributed by atoms with Crippen LogP contribution in [0.4, 0.5) is 0 Å². The summed E-state index contributed by atoms with van der Waals surface area (Å²) < 4.78 is 5.44. The van der Waals surface area contributed by atoms with Crippen molar-refractivity contribution >= 4 is 5.97 Å². The average molecular weight is 296 g/mol. The minimum absolute atomic E-state index is 0.0282. The standard InChI is InChI=1S/C17H32N2O2/c1-4-10-18-17(15-6-7-15,16(20)21-5-2)13-19-11-8-14(3)9-12-19/h14-15,18H,4-13H2,1-3H3. The van der Waals surface area contributed by atoms with Gasteiger partial charge >= 0.3 is 5.97 Å². The van der Waals surface area contributed by atoms with Gasteiger partial charge in [0.25, 0.3) is 0 Å². The lowest BCUT2D eigenvalue weighted by atomic mass is 9.90. The third-order valence-corrected chi connectivity index (χ3v) is 4.95. The third-order valence-electron chi connectivity index (χ3n) is 4.95. The molecule has 2 aliphatic rings. The van der Waals surface area contributed by atoms with Crippen LogP contribution in [0.2, 0.25) is 0 Å². The van der Waals surface area contributed by atoms with Crippen molar-refractivity contribution in [2.24, 2.45) is 11.8 Å². The molecule has 0 spiro atoms. The van der Waals surface area contributed by atoms with Crippen LogP contribution in [0.5, 0.6) is 0 Å². The summed E-state index contributed by atoms with van der Waals surface area (Å²) in [4.78, 5) is 15.1. The zero-order valence-electron chi connectivity index (χ0n) is 14.0. The van der Waals surface area contributed by atoms with Crippen LogP contribution in [-0.4, -0.2) is 49.2 Å². The Morgan fingerprint density at radius 2 is 1.90 bits per heavy atom. The predicted octanol–water partition coefficient (Wildman–Crippen LogP) is 2.43. The van der Waals surface area contributed by atoms with Crippen molar-refractivity contribution in [2.75, 3.05) is 32.8 Å². The lowest BCUT2D eigenvalue weighted by Gasteiger charge is -2.40. The Bertz CT molecular complexity index is 336. The number of hydrogen-bond donors (Lipinski definition) is 1. The minimum Gasteiger partial charge on any atom is -0.465 e. The van der Waals surface area contributed by atoms with Crippen LogP contribution in [0.15, 0.2) is 0 Å². The summed E-state index contributed by atoms with van der Waals surface area (Å²) in [5, 5.41) is 3.57. The number of carbonyl (C=O) groups is 1. The van der Waals surface area contributed by atoms with Crippen LogP contribution in [0, 0.1) is 11.8 Å². The maximum atomic E-state index is 12.7. The minimum atomic E-state index is -0.466. The highest BCUT2D eigenvalue weighted by Crippen LogP contribution is 2.41. The van der Waals surface area contributed by atoms with Crippen LogP contribution in [0.25, 0.3) is 0 Å². The Morgan fingerprint density at radius 1 is 1.24 bits per heavy atom. The van der Waals surface area contributed by atoms with E-state index in [1.807, 2.05) is 6.92 Å². The molecule has 21 heavy (non-hydrogen) atoms. The maximum absolute atomic E-state index is 12.7. The number of hydrogen-bond acceptors (Lipinski definition) is 4. The second-order valence-corrected chi connectivity index (χ2v) is 6.85. The Morgan fingerprint density at radius 3 is 2.43 bits per heavy atom. The summed E-state index contributed by atoms with van der Waals surface area (Å²) in [6.07, 6.45) is 5.85. The Hall–Kier alpha value is -0.610. The van der Waals surface area contributed by atoms with Crippen molar-refractivity contribution in [3.05, 3.63) is 0 Å². The van der Waals surface area contributed by atoms with Gasteiger partial charge in [0.15, 0.2) is 0 Å². The molecule has 0 radical (unpaired) electrons. The molecule has 4 nitrogen and oxygen atoms in total. The summed E-state index contributed by atoms with van der Waals surface area (Å²) in [5.74, 6) is 1.25. The van der Waals surface area contributed by atoms with Gasteiger partial charge < -0.3 is 15.0 Å². The highest BCUT2D eigenvalue weighted by molar-refractivity contribution is 5.82. The van der Waals surface area contributed by atoms with E-state index in [9.17, 15) is 4.79 Å². The molecule has 1 saturated carbocycles. The van der Waals surface area contributed by atoms with Crippen molar-refractivity contribution in [2.45, 2.75) is 58.4 Å². The van der Waals surface area contributed by atoms with E-state index < -0.39 is 5.54 Å². The Kier molecular flexibility index (Phi) is 6.06. The quantitative estimate of drug-likeness (QED) is 0.699. The van der Waals surface area contributed by atoms with E-state index in [2.05, 4.69) is 24.1 Å². The highest BCUT2D eigenvalue weighted by Gasteiger charge is 2.52.